The van der Waals surface area contributed by atoms with Crippen LogP contribution in [0.3, 0.4) is 0 Å². The summed E-state index contributed by atoms with van der Waals surface area (Å²) in [5.74, 6) is 0.312. The van der Waals surface area contributed by atoms with Crippen LogP contribution in [0.25, 0.3) is 0 Å². The number of rotatable bonds is 3. The summed E-state index contributed by atoms with van der Waals surface area (Å²) in [6.45, 7) is 7.60. The molecule has 0 radical (unpaired) electrons. The Hall–Kier alpha value is -0.700. The van der Waals surface area contributed by atoms with Gasteiger partial charge in [0, 0.05) is 35.7 Å². The lowest BCUT2D eigenvalue weighted by Crippen LogP contribution is -2.28. The number of hydrogen-bond acceptors (Lipinski definition) is 2. The fourth-order valence-electron chi connectivity index (χ4n) is 2.52. The Kier molecular flexibility index (Phi) is 3.39. The van der Waals surface area contributed by atoms with E-state index in [0.29, 0.717) is 17.5 Å². The van der Waals surface area contributed by atoms with E-state index in [1.165, 1.54) is 5.69 Å². The standard InChI is InChI=1S/C14H21NOS/c1-10(17-4)9-15-6-5-11-12(15)7-14(2,3)8-13(11)16/h5-6,10H,7-9H2,1-4H3. The van der Waals surface area contributed by atoms with Gasteiger partial charge in [0.2, 0.25) is 0 Å². The predicted molar refractivity (Wildman–Crippen MR) is 73.8 cm³/mol. The minimum absolute atomic E-state index is 0.114. The summed E-state index contributed by atoms with van der Waals surface area (Å²) in [5, 5.41) is 0.589. The van der Waals surface area contributed by atoms with Crippen LogP contribution in [-0.2, 0) is 13.0 Å². The quantitative estimate of drug-likeness (QED) is 0.821. The first kappa shape index (κ1) is 12.7. The van der Waals surface area contributed by atoms with Crippen molar-refractivity contribution in [2.24, 2.45) is 5.41 Å². The van der Waals surface area contributed by atoms with Crippen LogP contribution in [-0.4, -0.2) is 21.9 Å². The molecule has 0 saturated carbocycles. The van der Waals surface area contributed by atoms with Gasteiger partial charge in [0.05, 0.1) is 0 Å². The van der Waals surface area contributed by atoms with E-state index in [1.54, 1.807) is 0 Å². The molecule has 0 saturated heterocycles. The average molecular weight is 251 g/mol. The van der Waals surface area contributed by atoms with Crippen molar-refractivity contribution in [2.45, 2.75) is 45.4 Å². The first-order chi connectivity index (χ1) is 7.93. The maximum atomic E-state index is 12.1. The van der Waals surface area contributed by atoms with E-state index in [1.807, 2.05) is 17.8 Å². The Morgan fingerprint density at radius 1 is 1.47 bits per heavy atom. The van der Waals surface area contributed by atoms with Crippen molar-refractivity contribution in [1.29, 1.82) is 0 Å². The first-order valence-corrected chi connectivity index (χ1v) is 7.46. The summed E-state index contributed by atoms with van der Waals surface area (Å²) >= 11 is 1.87. The van der Waals surface area contributed by atoms with Crippen LogP contribution in [0.1, 0.15) is 43.2 Å². The third-order valence-electron chi connectivity index (χ3n) is 3.52. The van der Waals surface area contributed by atoms with E-state index >= 15 is 0 Å². The molecule has 0 N–H and O–H groups in total. The smallest absolute Gasteiger partial charge is 0.165 e. The molecule has 0 aromatic carbocycles. The molecule has 1 aliphatic carbocycles. The van der Waals surface area contributed by atoms with E-state index in [9.17, 15) is 4.79 Å². The monoisotopic (exact) mass is 251 g/mol. The lowest BCUT2D eigenvalue weighted by molar-refractivity contribution is 0.0910. The van der Waals surface area contributed by atoms with Gasteiger partial charge in [-0.2, -0.15) is 11.8 Å². The van der Waals surface area contributed by atoms with Crippen LogP contribution in [0.2, 0.25) is 0 Å². The summed E-state index contributed by atoms with van der Waals surface area (Å²) in [7, 11) is 0. The van der Waals surface area contributed by atoms with Crippen molar-refractivity contribution in [3.8, 4) is 0 Å². The normalized spacial score (nSPS) is 20.1. The number of ketones is 1. The van der Waals surface area contributed by atoms with Crippen molar-refractivity contribution in [1.82, 2.24) is 4.57 Å². The predicted octanol–water partition coefficient (Wildman–Crippen LogP) is 3.39. The van der Waals surface area contributed by atoms with Gasteiger partial charge in [-0.1, -0.05) is 20.8 Å². The minimum atomic E-state index is 0.114. The highest BCUT2D eigenvalue weighted by Crippen LogP contribution is 2.35. The zero-order chi connectivity index (χ0) is 12.6. The lowest BCUT2D eigenvalue weighted by Gasteiger charge is -2.30. The van der Waals surface area contributed by atoms with Gasteiger partial charge in [0.1, 0.15) is 0 Å². The largest absolute Gasteiger partial charge is 0.350 e. The highest BCUT2D eigenvalue weighted by molar-refractivity contribution is 7.99. The van der Waals surface area contributed by atoms with Crippen LogP contribution in [0.15, 0.2) is 12.3 Å². The highest BCUT2D eigenvalue weighted by atomic mass is 32.2. The third kappa shape index (κ3) is 2.59. The van der Waals surface area contributed by atoms with Gasteiger partial charge in [0.25, 0.3) is 0 Å². The first-order valence-electron chi connectivity index (χ1n) is 6.17. The summed E-state index contributed by atoms with van der Waals surface area (Å²) < 4.78 is 2.27. The SMILES string of the molecule is CSC(C)Cn1ccc2c1CC(C)(C)CC2=O. The molecule has 0 fully saturated rings. The maximum absolute atomic E-state index is 12.1. The van der Waals surface area contributed by atoms with Gasteiger partial charge in [0.15, 0.2) is 5.78 Å². The fourth-order valence-corrected chi connectivity index (χ4v) is 2.83. The molecule has 1 aliphatic rings. The van der Waals surface area contributed by atoms with E-state index in [4.69, 9.17) is 0 Å². The minimum Gasteiger partial charge on any atom is -0.350 e. The van der Waals surface area contributed by atoms with Gasteiger partial charge in [-0.3, -0.25) is 4.79 Å². The number of carbonyl (C=O) groups excluding carboxylic acids is 1. The van der Waals surface area contributed by atoms with E-state index in [2.05, 4.69) is 37.8 Å². The van der Waals surface area contributed by atoms with Crippen molar-refractivity contribution in [2.75, 3.05) is 6.26 Å². The Morgan fingerprint density at radius 3 is 2.82 bits per heavy atom. The number of hydrogen-bond donors (Lipinski definition) is 0. The van der Waals surface area contributed by atoms with E-state index in [0.717, 1.165) is 18.5 Å². The van der Waals surface area contributed by atoms with E-state index in [-0.39, 0.29) is 5.41 Å². The number of aromatic nitrogens is 1. The Bertz CT molecular complexity index is 433. The number of Topliss-reactive ketones (excluding diaryl/α,β-unsaturated/α-hetero) is 1. The second-order valence-electron chi connectivity index (χ2n) is 5.82. The fraction of sp³-hybridized carbons (Fsp3) is 0.643. The molecule has 0 amide bonds. The zero-order valence-corrected chi connectivity index (χ0v) is 11.9. The van der Waals surface area contributed by atoms with Crippen LogP contribution in [0.5, 0.6) is 0 Å². The van der Waals surface area contributed by atoms with Gasteiger partial charge in [-0.25, -0.2) is 0 Å². The van der Waals surface area contributed by atoms with Crippen molar-refractivity contribution in [3.63, 3.8) is 0 Å². The van der Waals surface area contributed by atoms with Crippen molar-refractivity contribution >= 4 is 17.5 Å². The molecule has 2 rings (SSSR count). The number of nitrogens with zero attached hydrogens (tertiary/aromatic N) is 1. The van der Waals surface area contributed by atoms with Gasteiger partial charge in [-0.05, 0) is 24.2 Å². The molecule has 94 valence electrons. The lowest BCUT2D eigenvalue weighted by atomic mass is 9.76. The van der Waals surface area contributed by atoms with E-state index < -0.39 is 0 Å². The molecular weight excluding hydrogens is 230 g/mol. The van der Waals surface area contributed by atoms with Gasteiger partial charge < -0.3 is 4.57 Å². The number of thioether (sulfide) groups is 1. The van der Waals surface area contributed by atoms with Crippen LogP contribution in [0, 0.1) is 5.41 Å². The third-order valence-corrected chi connectivity index (χ3v) is 4.47. The maximum Gasteiger partial charge on any atom is 0.165 e. The molecular formula is C14H21NOS. The molecule has 3 heteroatoms. The average Bonchev–Trinajstić information content (AvgIpc) is 2.60. The molecule has 2 nitrogen and oxygen atoms in total. The van der Waals surface area contributed by atoms with Crippen LogP contribution < -0.4 is 0 Å². The molecule has 1 unspecified atom stereocenters. The van der Waals surface area contributed by atoms with Crippen LogP contribution in [0.4, 0.5) is 0 Å². The van der Waals surface area contributed by atoms with Crippen molar-refractivity contribution in [3.05, 3.63) is 23.5 Å². The summed E-state index contributed by atoms with van der Waals surface area (Å²) in [5.41, 5.74) is 2.31. The molecule has 1 aromatic heterocycles. The molecule has 0 aliphatic heterocycles. The summed E-state index contributed by atoms with van der Waals surface area (Å²) in [4.78, 5) is 12.1. The molecule has 1 atom stereocenters. The molecule has 0 bridgehead atoms. The topological polar surface area (TPSA) is 22.0 Å². The van der Waals surface area contributed by atoms with Crippen molar-refractivity contribution < 1.29 is 4.79 Å². The molecule has 0 spiro atoms. The second-order valence-corrected chi connectivity index (χ2v) is 7.09. The van der Waals surface area contributed by atoms with Gasteiger partial charge >= 0.3 is 0 Å². The summed E-state index contributed by atoms with van der Waals surface area (Å²) in [6, 6.07) is 2.00. The zero-order valence-electron chi connectivity index (χ0n) is 11.1. The second kappa shape index (κ2) is 4.52. The van der Waals surface area contributed by atoms with Gasteiger partial charge in [-0.15, -0.1) is 0 Å². The molecule has 1 heterocycles. The molecule has 17 heavy (non-hydrogen) atoms. The Balaban J connectivity index is 2.31. The van der Waals surface area contributed by atoms with Crippen LogP contribution >= 0.6 is 11.8 Å². The Morgan fingerprint density at radius 2 is 2.18 bits per heavy atom. The number of fused-ring (bicyclic) bond motifs is 1. The Labute approximate surface area is 108 Å². The summed E-state index contributed by atoms with van der Waals surface area (Å²) in [6.07, 6.45) is 5.91. The molecule has 1 aromatic rings. The number of carbonyl (C=O) groups is 1. The highest BCUT2D eigenvalue weighted by Gasteiger charge is 2.32.